The van der Waals surface area contributed by atoms with E-state index >= 15 is 0 Å². The molecule has 1 aliphatic rings. The molecule has 2 aromatic carbocycles. The van der Waals surface area contributed by atoms with Crippen molar-refractivity contribution < 1.29 is 13.9 Å². The van der Waals surface area contributed by atoms with Crippen molar-refractivity contribution in [1.82, 2.24) is 10.2 Å². The van der Waals surface area contributed by atoms with Crippen LogP contribution < -0.4 is 15.4 Å². The third kappa shape index (κ3) is 5.00. The Kier molecular flexibility index (Phi) is 6.47. The minimum atomic E-state index is -0.336. The van der Waals surface area contributed by atoms with Crippen molar-refractivity contribution in [3.63, 3.8) is 0 Å². The first kappa shape index (κ1) is 19.7. The highest BCUT2D eigenvalue weighted by molar-refractivity contribution is 5.95. The molecule has 0 bridgehead atoms. The molecule has 28 heavy (non-hydrogen) atoms. The SMILES string of the molecule is CN=C(NCC(=O)Nc1ccc(F)cc1)N1CCC(c2ccc(OC)cc2)C1. The first-order valence-corrected chi connectivity index (χ1v) is 9.24. The first-order chi connectivity index (χ1) is 13.6. The average molecular weight is 384 g/mol. The number of benzene rings is 2. The van der Waals surface area contributed by atoms with Crippen LogP contribution in [0.25, 0.3) is 0 Å². The van der Waals surface area contributed by atoms with Crippen LogP contribution in [0.1, 0.15) is 17.9 Å². The standard InChI is InChI=1S/C21H25FN4O2/c1-23-21(24-13-20(27)25-18-7-5-17(22)6-8-18)26-12-11-16(14-26)15-3-9-19(28-2)10-4-15/h3-10,16H,11-14H2,1-2H3,(H,23,24)(H,25,27). The minimum absolute atomic E-state index is 0.0910. The molecule has 0 radical (unpaired) electrons. The highest BCUT2D eigenvalue weighted by atomic mass is 19.1. The van der Waals surface area contributed by atoms with E-state index in [9.17, 15) is 9.18 Å². The smallest absolute Gasteiger partial charge is 0.243 e. The zero-order chi connectivity index (χ0) is 19.9. The van der Waals surface area contributed by atoms with Crippen LogP contribution in [0.2, 0.25) is 0 Å². The van der Waals surface area contributed by atoms with Crippen molar-refractivity contribution in [3.05, 3.63) is 59.9 Å². The molecule has 148 valence electrons. The van der Waals surface area contributed by atoms with Crippen molar-refractivity contribution >= 4 is 17.6 Å². The molecule has 0 aliphatic carbocycles. The third-order valence-electron chi connectivity index (χ3n) is 4.82. The van der Waals surface area contributed by atoms with E-state index in [2.05, 4.69) is 32.7 Å². The number of nitrogens with one attached hydrogen (secondary N) is 2. The zero-order valence-electron chi connectivity index (χ0n) is 16.1. The Bertz CT molecular complexity index is 821. The molecule has 1 atom stereocenters. The number of likely N-dealkylation sites (tertiary alicyclic amines) is 1. The lowest BCUT2D eigenvalue weighted by Gasteiger charge is -2.21. The second-order valence-corrected chi connectivity index (χ2v) is 6.66. The van der Waals surface area contributed by atoms with Crippen molar-refractivity contribution in [1.29, 1.82) is 0 Å². The number of aliphatic imine (C=N–C) groups is 1. The van der Waals surface area contributed by atoms with E-state index < -0.39 is 0 Å². The number of amides is 1. The van der Waals surface area contributed by atoms with Crippen LogP contribution in [0.15, 0.2) is 53.5 Å². The number of ether oxygens (including phenoxy) is 1. The van der Waals surface area contributed by atoms with Crippen LogP contribution >= 0.6 is 0 Å². The Labute approximate surface area is 164 Å². The molecule has 2 aromatic rings. The number of hydrogen-bond acceptors (Lipinski definition) is 3. The predicted molar refractivity (Wildman–Crippen MR) is 108 cm³/mol. The van der Waals surface area contributed by atoms with Gasteiger partial charge in [-0.05, 0) is 48.4 Å². The molecule has 2 N–H and O–H groups in total. The summed E-state index contributed by atoms with van der Waals surface area (Å²) in [6.07, 6.45) is 1.02. The summed E-state index contributed by atoms with van der Waals surface area (Å²) in [5.74, 6) is 1.42. The van der Waals surface area contributed by atoms with Gasteiger partial charge in [0, 0.05) is 31.7 Å². The molecule has 1 amide bonds. The molecule has 1 aliphatic heterocycles. The summed E-state index contributed by atoms with van der Waals surface area (Å²) >= 11 is 0. The summed E-state index contributed by atoms with van der Waals surface area (Å²) in [6.45, 7) is 1.80. The number of hydrogen-bond donors (Lipinski definition) is 2. The molecule has 1 unspecified atom stereocenters. The van der Waals surface area contributed by atoms with E-state index in [-0.39, 0.29) is 18.3 Å². The molecule has 7 heteroatoms. The van der Waals surface area contributed by atoms with E-state index in [1.807, 2.05) is 12.1 Å². The maximum absolute atomic E-state index is 12.9. The van der Waals surface area contributed by atoms with E-state index in [1.165, 1.54) is 29.8 Å². The lowest BCUT2D eigenvalue weighted by molar-refractivity contribution is -0.115. The van der Waals surface area contributed by atoms with Gasteiger partial charge in [0.05, 0.1) is 13.7 Å². The highest BCUT2D eigenvalue weighted by Crippen LogP contribution is 2.28. The van der Waals surface area contributed by atoms with Gasteiger partial charge in [-0.3, -0.25) is 9.79 Å². The molecule has 0 aromatic heterocycles. The zero-order valence-corrected chi connectivity index (χ0v) is 16.1. The lowest BCUT2D eigenvalue weighted by Crippen LogP contribution is -2.43. The normalized spacial score (nSPS) is 16.8. The maximum atomic E-state index is 12.9. The number of carbonyl (C=O) groups excluding carboxylic acids is 1. The summed E-state index contributed by atoms with van der Waals surface area (Å²) in [7, 11) is 3.37. The summed E-state index contributed by atoms with van der Waals surface area (Å²) in [5.41, 5.74) is 1.83. The molecule has 6 nitrogen and oxygen atoms in total. The van der Waals surface area contributed by atoms with Gasteiger partial charge in [0.2, 0.25) is 5.91 Å². The summed E-state index contributed by atoms with van der Waals surface area (Å²) in [4.78, 5) is 18.6. The molecule has 0 saturated carbocycles. The number of carbonyl (C=O) groups is 1. The lowest BCUT2D eigenvalue weighted by atomic mass is 9.98. The van der Waals surface area contributed by atoms with Crippen molar-refractivity contribution in [3.8, 4) is 5.75 Å². The van der Waals surface area contributed by atoms with Crippen LogP contribution in [0.3, 0.4) is 0 Å². The molecule has 0 spiro atoms. The summed E-state index contributed by atoms with van der Waals surface area (Å²) < 4.78 is 18.2. The topological polar surface area (TPSA) is 66.0 Å². The Morgan fingerprint density at radius 3 is 2.57 bits per heavy atom. The second-order valence-electron chi connectivity index (χ2n) is 6.66. The maximum Gasteiger partial charge on any atom is 0.243 e. The average Bonchev–Trinajstić information content (AvgIpc) is 3.20. The largest absolute Gasteiger partial charge is 0.497 e. The number of anilines is 1. The number of nitrogens with zero attached hydrogens (tertiary/aromatic N) is 2. The third-order valence-corrected chi connectivity index (χ3v) is 4.82. The fourth-order valence-electron chi connectivity index (χ4n) is 3.33. The van der Waals surface area contributed by atoms with Crippen molar-refractivity contribution in [2.24, 2.45) is 4.99 Å². The van der Waals surface area contributed by atoms with Gasteiger partial charge in [0.25, 0.3) is 0 Å². The van der Waals surface area contributed by atoms with Gasteiger partial charge >= 0.3 is 0 Å². The number of methoxy groups -OCH3 is 1. The van der Waals surface area contributed by atoms with Gasteiger partial charge in [-0.2, -0.15) is 0 Å². The van der Waals surface area contributed by atoms with Crippen LogP contribution in [-0.2, 0) is 4.79 Å². The van der Waals surface area contributed by atoms with E-state index in [4.69, 9.17) is 4.74 Å². The Balaban J connectivity index is 1.51. The van der Waals surface area contributed by atoms with Gasteiger partial charge in [0.1, 0.15) is 11.6 Å². The second kappa shape index (κ2) is 9.21. The first-order valence-electron chi connectivity index (χ1n) is 9.24. The Morgan fingerprint density at radius 1 is 1.21 bits per heavy atom. The Hall–Kier alpha value is -3.09. The minimum Gasteiger partial charge on any atom is -0.497 e. The molecular formula is C21H25FN4O2. The quantitative estimate of drug-likeness (QED) is 0.615. The number of halogens is 1. The Morgan fingerprint density at radius 2 is 1.93 bits per heavy atom. The van der Waals surface area contributed by atoms with Crippen LogP contribution in [0.4, 0.5) is 10.1 Å². The van der Waals surface area contributed by atoms with Crippen LogP contribution in [0, 0.1) is 5.82 Å². The van der Waals surface area contributed by atoms with Gasteiger partial charge in [-0.1, -0.05) is 12.1 Å². The number of rotatable bonds is 5. The van der Waals surface area contributed by atoms with Gasteiger partial charge in [-0.15, -0.1) is 0 Å². The van der Waals surface area contributed by atoms with Gasteiger partial charge in [0.15, 0.2) is 5.96 Å². The van der Waals surface area contributed by atoms with Crippen molar-refractivity contribution in [2.45, 2.75) is 12.3 Å². The van der Waals surface area contributed by atoms with Crippen LogP contribution in [0.5, 0.6) is 5.75 Å². The van der Waals surface area contributed by atoms with Crippen molar-refractivity contribution in [2.75, 3.05) is 39.1 Å². The summed E-state index contributed by atoms with van der Waals surface area (Å²) in [6, 6.07) is 13.8. The fraction of sp³-hybridized carbons (Fsp3) is 0.333. The molecule has 1 fully saturated rings. The van der Waals surface area contributed by atoms with E-state index in [0.717, 1.165) is 25.3 Å². The van der Waals surface area contributed by atoms with Gasteiger partial charge < -0.3 is 20.3 Å². The number of guanidine groups is 1. The van der Waals surface area contributed by atoms with Crippen LogP contribution in [-0.4, -0.2) is 50.6 Å². The van der Waals surface area contributed by atoms with E-state index in [1.54, 1.807) is 14.2 Å². The summed E-state index contributed by atoms with van der Waals surface area (Å²) in [5, 5.41) is 5.83. The highest BCUT2D eigenvalue weighted by Gasteiger charge is 2.26. The monoisotopic (exact) mass is 384 g/mol. The molecule has 1 saturated heterocycles. The predicted octanol–water partition coefficient (Wildman–Crippen LogP) is 2.84. The van der Waals surface area contributed by atoms with Gasteiger partial charge in [-0.25, -0.2) is 4.39 Å². The molecule has 1 heterocycles. The van der Waals surface area contributed by atoms with E-state index in [0.29, 0.717) is 17.6 Å². The molecule has 3 rings (SSSR count). The molecular weight excluding hydrogens is 359 g/mol. The fourth-order valence-corrected chi connectivity index (χ4v) is 3.33.